The quantitative estimate of drug-likeness (QED) is 0.730. The summed E-state index contributed by atoms with van der Waals surface area (Å²) >= 11 is 9.29. The van der Waals surface area contributed by atoms with Crippen LogP contribution in [0.5, 0.6) is 0 Å². The maximum atomic E-state index is 13.9. The standard InChI is InChI=1S/C15H18BrClFN3/c1-9-5-10(3-4-20(9)2)21-14-7-12(18)11(16)6-13(14)19-15(21)8-17/h6-7,9-10H,3-5,8H2,1-2H3. The third-order valence-electron chi connectivity index (χ3n) is 4.47. The van der Waals surface area contributed by atoms with Crippen LogP contribution in [-0.2, 0) is 5.88 Å². The van der Waals surface area contributed by atoms with E-state index in [-0.39, 0.29) is 5.82 Å². The number of aromatic nitrogens is 2. The molecule has 0 spiro atoms. The molecule has 3 nitrogen and oxygen atoms in total. The summed E-state index contributed by atoms with van der Waals surface area (Å²) in [5.74, 6) is 0.908. The van der Waals surface area contributed by atoms with Crippen molar-refractivity contribution in [2.24, 2.45) is 0 Å². The molecule has 0 N–H and O–H groups in total. The monoisotopic (exact) mass is 373 g/mol. The van der Waals surface area contributed by atoms with Crippen LogP contribution in [0.1, 0.15) is 31.6 Å². The molecule has 2 aromatic rings. The molecule has 1 aliphatic rings. The van der Waals surface area contributed by atoms with Crippen molar-refractivity contribution in [2.45, 2.75) is 37.7 Å². The number of nitrogens with zero attached hydrogens (tertiary/aromatic N) is 3. The first kappa shape index (κ1) is 15.3. The number of piperidine rings is 1. The molecule has 114 valence electrons. The Morgan fingerprint density at radius 1 is 1.48 bits per heavy atom. The van der Waals surface area contributed by atoms with Crippen molar-refractivity contribution in [3.05, 3.63) is 28.2 Å². The summed E-state index contributed by atoms with van der Waals surface area (Å²) < 4.78 is 16.5. The largest absolute Gasteiger partial charge is 0.324 e. The predicted molar refractivity (Wildman–Crippen MR) is 87.3 cm³/mol. The van der Waals surface area contributed by atoms with Gasteiger partial charge in [0, 0.05) is 24.7 Å². The van der Waals surface area contributed by atoms with Crippen LogP contribution in [0.4, 0.5) is 4.39 Å². The highest BCUT2D eigenvalue weighted by Gasteiger charge is 2.27. The van der Waals surface area contributed by atoms with Crippen LogP contribution in [0.15, 0.2) is 16.6 Å². The van der Waals surface area contributed by atoms with Gasteiger partial charge in [-0.3, -0.25) is 0 Å². The zero-order valence-electron chi connectivity index (χ0n) is 12.1. The summed E-state index contributed by atoms with van der Waals surface area (Å²) in [6, 6.07) is 4.13. The Kier molecular flexibility index (Phi) is 4.26. The summed E-state index contributed by atoms with van der Waals surface area (Å²) in [5.41, 5.74) is 1.64. The summed E-state index contributed by atoms with van der Waals surface area (Å²) in [7, 11) is 2.14. The van der Waals surface area contributed by atoms with Gasteiger partial charge in [0.25, 0.3) is 0 Å². The lowest BCUT2D eigenvalue weighted by molar-refractivity contribution is 0.157. The Morgan fingerprint density at radius 3 is 2.90 bits per heavy atom. The average Bonchev–Trinajstić information content (AvgIpc) is 2.80. The number of fused-ring (bicyclic) bond motifs is 1. The van der Waals surface area contributed by atoms with Crippen molar-refractivity contribution in [1.29, 1.82) is 0 Å². The van der Waals surface area contributed by atoms with Crippen molar-refractivity contribution >= 4 is 38.6 Å². The van der Waals surface area contributed by atoms with E-state index in [2.05, 4.69) is 44.4 Å². The Labute approximate surface area is 137 Å². The van der Waals surface area contributed by atoms with Crippen molar-refractivity contribution in [1.82, 2.24) is 14.5 Å². The first-order valence-electron chi connectivity index (χ1n) is 7.13. The second-order valence-corrected chi connectivity index (χ2v) is 6.92. The Hall–Kier alpha value is -0.650. The highest BCUT2D eigenvalue weighted by molar-refractivity contribution is 9.10. The zero-order chi connectivity index (χ0) is 15.1. The lowest BCUT2D eigenvalue weighted by Gasteiger charge is -2.36. The second kappa shape index (κ2) is 5.86. The van der Waals surface area contributed by atoms with E-state index in [0.717, 1.165) is 36.2 Å². The Bertz CT molecular complexity index is 672. The normalized spacial score (nSPS) is 23.9. The molecule has 1 aliphatic heterocycles. The van der Waals surface area contributed by atoms with E-state index in [0.29, 0.717) is 22.4 Å². The number of imidazole rings is 1. The van der Waals surface area contributed by atoms with Gasteiger partial charge in [0.15, 0.2) is 0 Å². The Morgan fingerprint density at radius 2 is 2.24 bits per heavy atom. The fourth-order valence-electron chi connectivity index (χ4n) is 3.14. The van der Waals surface area contributed by atoms with E-state index in [4.69, 9.17) is 11.6 Å². The number of likely N-dealkylation sites (tertiary alicyclic amines) is 1. The topological polar surface area (TPSA) is 21.1 Å². The van der Waals surface area contributed by atoms with E-state index in [1.807, 2.05) is 0 Å². The second-order valence-electron chi connectivity index (χ2n) is 5.79. The summed E-state index contributed by atoms with van der Waals surface area (Å²) in [5, 5.41) is 0. The molecule has 3 rings (SSSR count). The average molecular weight is 375 g/mol. The number of alkyl halides is 1. The van der Waals surface area contributed by atoms with E-state index < -0.39 is 0 Å². The van der Waals surface area contributed by atoms with Crippen LogP contribution in [-0.4, -0.2) is 34.1 Å². The molecule has 0 radical (unpaired) electrons. The molecular formula is C15H18BrClFN3. The molecule has 0 amide bonds. The summed E-state index contributed by atoms with van der Waals surface area (Å²) in [6.07, 6.45) is 2.07. The molecule has 0 saturated carbocycles. The van der Waals surface area contributed by atoms with Crippen LogP contribution < -0.4 is 0 Å². The maximum Gasteiger partial charge on any atom is 0.139 e. The van der Waals surface area contributed by atoms with Gasteiger partial charge in [0.2, 0.25) is 0 Å². The number of hydrogen-bond acceptors (Lipinski definition) is 2. The van der Waals surface area contributed by atoms with Gasteiger partial charge in [-0.05, 0) is 48.8 Å². The molecule has 2 unspecified atom stereocenters. The van der Waals surface area contributed by atoms with Gasteiger partial charge in [0.05, 0.1) is 21.4 Å². The molecule has 1 aromatic carbocycles. The molecule has 1 fully saturated rings. The van der Waals surface area contributed by atoms with Crippen LogP contribution in [0.2, 0.25) is 0 Å². The van der Waals surface area contributed by atoms with Crippen molar-refractivity contribution in [2.75, 3.05) is 13.6 Å². The fourth-order valence-corrected chi connectivity index (χ4v) is 3.66. The van der Waals surface area contributed by atoms with Gasteiger partial charge in [-0.2, -0.15) is 0 Å². The van der Waals surface area contributed by atoms with Crippen LogP contribution in [0.25, 0.3) is 11.0 Å². The van der Waals surface area contributed by atoms with Gasteiger partial charge >= 0.3 is 0 Å². The molecule has 0 bridgehead atoms. The minimum absolute atomic E-state index is 0.259. The molecule has 2 heterocycles. The third-order valence-corrected chi connectivity index (χ3v) is 5.32. The predicted octanol–water partition coefficient (Wildman–Crippen LogP) is 4.33. The van der Waals surface area contributed by atoms with Crippen molar-refractivity contribution in [3.63, 3.8) is 0 Å². The van der Waals surface area contributed by atoms with Gasteiger partial charge in [-0.25, -0.2) is 9.37 Å². The number of halogens is 3. The molecule has 1 aromatic heterocycles. The van der Waals surface area contributed by atoms with Gasteiger partial charge in [0.1, 0.15) is 11.6 Å². The third kappa shape index (κ3) is 2.71. The molecular weight excluding hydrogens is 357 g/mol. The molecule has 2 atom stereocenters. The number of benzene rings is 1. The van der Waals surface area contributed by atoms with E-state index >= 15 is 0 Å². The lowest BCUT2D eigenvalue weighted by Crippen LogP contribution is -2.38. The fraction of sp³-hybridized carbons (Fsp3) is 0.533. The Balaban J connectivity index is 2.10. The van der Waals surface area contributed by atoms with E-state index in [1.165, 1.54) is 0 Å². The van der Waals surface area contributed by atoms with Crippen LogP contribution >= 0.6 is 27.5 Å². The van der Waals surface area contributed by atoms with E-state index in [9.17, 15) is 4.39 Å². The number of rotatable bonds is 2. The van der Waals surface area contributed by atoms with Crippen LogP contribution in [0.3, 0.4) is 0 Å². The minimum Gasteiger partial charge on any atom is -0.324 e. The molecule has 6 heteroatoms. The lowest BCUT2D eigenvalue weighted by atomic mass is 9.98. The molecule has 1 saturated heterocycles. The summed E-state index contributed by atoms with van der Waals surface area (Å²) in [4.78, 5) is 6.93. The van der Waals surface area contributed by atoms with Crippen molar-refractivity contribution in [3.8, 4) is 0 Å². The number of hydrogen-bond donors (Lipinski definition) is 0. The maximum absolute atomic E-state index is 13.9. The van der Waals surface area contributed by atoms with Gasteiger partial charge in [-0.1, -0.05) is 0 Å². The minimum atomic E-state index is -0.259. The van der Waals surface area contributed by atoms with Gasteiger partial charge < -0.3 is 9.47 Å². The molecule has 0 aliphatic carbocycles. The SMILES string of the molecule is CC1CC(n2c(CCl)nc3cc(Br)c(F)cc32)CCN1C. The van der Waals surface area contributed by atoms with Gasteiger partial charge in [-0.15, -0.1) is 11.6 Å². The first-order chi connectivity index (χ1) is 10.0. The highest BCUT2D eigenvalue weighted by atomic mass is 79.9. The zero-order valence-corrected chi connectivity index (χ0v) is 14.5. The smallest absolute Gasteiger partial charge is 0.139 e. The summed E-state index contributed by atoms with van der Waals surface area (Å²) in [6.45, 7) is 3.26. The van der Waals surface area contributed by atoms with Crippen LogP contribution in [0, 0.1) is 5.82 Å². The van der Waals surface area contributed by atoms with E-state index in [1.54, 1.807) is 12.1 Å². The molecule has 21 heavy (non-hydrogen) atoms. The van der Waals surface area contributed by atoms with Crippen molar-refractivity contribution < 1.29 is 4.39 Å². The first-order valence-corrected chi connectivity index (χ1v) is 8.46. The highest BCUT2D eigenvalue weighted by Crippen LogP contribution is 2.33.